The summed E-state index contributed by atoms with van der Waals surface area (Å²) in [6, 6.07) is 18.8. The maximum atomic E-state index is 12.2. The van der Waals surface area contributed by atoms with E-state index in [-0.39, 0.29) is 18.4 Å². The van der Waals surface area contributed by atoms with Crippen LogP contribution in [-0.2, 0) is 17.6 Å². The molecular formula is C25H23N5O2S. The standard InChI is InChI=1S/C25H23N5O2S/c26-21-8-6-19(7-9-21)24(32)28-15-23(31)30-25-29-22(16-33-25)20-3-1-2-18(14-20)5-4-17-10-12-27-13-11-17/h1-3,6-14,16H,4-5,15,26H2,(H,28,32)(H,29,30,31). The molecule has 0 radical (unpaired) electrons. The van der Waals surface area contributed by atoms with Crippen molar-refractivity contribution in [3.05, 3.63) is 95.1 Å². The third-order valence-electron chi connectivity index (χ3n) is 5.01. The number of hydrogen-bond donors (Lipinski definition) is 3. The van der Waals surface area contributed by atoms with E-state index in [2.05, 4.69) is 32.7 Å². The van der Waals surface area contributed by atoms with E-state index >= 15 is 0 Å². The van der Waals surface area contributed by atoms with Gasteiger partial charge in [0.1, 0.15) is 0 Å². The number of thiazole rings is 1. The van der Waals surface area contributed by atoms with Gasteiger partial charge in [-0.2, -0.15) is 0 Å². The van der Waals surface area contributed by atoms with Crippen LogP contribution >= 0.6 is 11.3 Å². The molecular weight excluding hydrogens is 434 g/mol. The lowest BCUT2D eigenvalue weighted by molar-refractivity contribution is -0.115. The van der Waals surface area contributed by atoms with Crippen LogP contribution in [0, 0.1) is 0 Å². The second-order valence-electron chi connectivity index (χ2n) is 7.45. The van der Waals surface area contributed by atoms with Crippen LogP contribution in [0.25, 0.3) is 11.3 Å². The molecule has 8 heteroatoms. The number of nitrogens with zero attached hydrogens (tertiary/aromatic N) is 2. The molecule has 2 amide bonds. The van der Waals surface area contributed by atoms with Gasteiger partial charge in [0.25, 0.3) is 5.91 Å². The molecule has 4 rings (SSSR count). The van der Waals surface area contributed by atoms with Crippen molar-refractivity contribution in [2.75, 3.05) is 17.6 Å². The second kappa shape index (κ2) is 10.5. The average molecular weight is 458 g/mol. The minimum Gasteiger partial charge on any atom is -0.399 e. The SMILES string of the molecule is Nc1ccc(C(=O)NCC(=O)Nc2nc(-c3cccc(CCc4ccncc4)c3)cs2)cc1. The van der Waals surface area contributed by atoms with Crippen LogP contribution in [0.2, 0.25) is 0 Å². The molecule has 0 fully saturated rings. The van der Waals surface area contributed by atoms with Crippen molar-refractivity contribution in [3.8, 4) is 11.3 Å². The number of nitrogens with one attached hydrogen (secondary N) is 2. The molecule has 0 unspecified atom stereocenters. The molecule has 7 nitrogen and oxygen atoms in total. The van der Waals surface area contributed by atoms with Crippen LogP contribution in [0.5, 0.6) is 0 Å². The molecule has 0 aliphatic carbocycles. The van der Waals surface area contributed by atoms with E-state index in [1.54, 1.807) is 36.7 Å². The van der Waals surface area contributed by atoms with Gasteiger partial charge in [-0.1, -0.05) is 18.2 Å². The fourth-order valence-electron chi connectivity index (χ4n) is 3.25. The summed E-state index contributed by atoms with van der Waals surface area (Å²) in [5.74, 6) is -0.681. The smallest absolute Gasteiger partial charge is 0.251 e. The van der Waals surface area contributed by atoms with Gasteiger partial charge in [-0.05, 0) is 66.4 Å². The van der Waals surface area contributed by atoms with Crippen LogP contribution in [0.1, 0.15) is 21.5 Å². The Kier molecular flexibility index (Phi) is 7.06. The number of nitrogen functional groups attached to an aromatic ring is 1. The Bertz CT molecular complexity index is 1240. The number of amides is 2. The van der Waals surface area contributed by atoms with Crippen LogP contribution < -0.4 is 16.4 Å². The summed E-state index contributed by atoms with van der Waals surface area (Å²) in [7, 11) is 0. The lowest BCUT2D eigenvalue weighted by Gasteiger charge is -2.06. The quantitative estimate of drug-likeness (QED) is 0.347. The van der Waals surface area contributed by atoms with Gasteiger partial charge in [0.2, 0.25) is 5.91 Å². The van der Waals surface area contributed by atoms with E-state index in [4.69, 9.17) is 5.73 Å². The Hall–Kier alpha value is -4.04. The van der Waals surface area contributed by atoms with Gasteiger partial charge in [-0.3, -0.25) is 14.6 Å². The third-order valence-corrected chi connectivity index (χ3v) is 5.77. The lowest BCUT2D eigenvalue weighted by atomic mass is 10.0. The Morgan fingerprint density at radius 1 is 0.939 bits per heavy atom. The fraction of sp³-hybridized carbons (Fsp3) is 0.120. The molecule has 0 aliphatic heterocycles. The first-order valence-corrected chi connectivity index (χ1v) is 11.3. The van der Waals surface area contributed by atoms with Crippen molar-refractivity contribution in [3.63, 3.8) is 0 Å². The normalized spacial score (nSPS) is 10.5. The largest absolute Gasteiger partial charge is 0.399 e. The number of carbonyl (C=O) groups excluding carboxylic acids is 2. The first-order valence-electron chi connectivity index (χ1n) is 10.4. The molecule has 4 N–H and O–H groups in total. The number of aryl methyl sites for hydroxylation is 2. The van der Waals surface area contributed by atoms with Gasteiger partial charge >= 0.3 is 0 Å². The predicted molar refractivity (Wildman–Crippen MR) is 131 cm³/mol. The van der Waals surface area contributed by atoms with E-state index in [1.165, 1.54) is 22.5 Å². The summed E-state index contributed by atoms with van der Waals surface area (Å²) in [5, 5.41) is 7.72. The highest BCUT2D eigenvalue weighted by molar-refractivity contribution is 7.14. The molecule has 0 spiro atoms. The number of pyridine rings is 1. The molecule has 2 aromatic heterocycles. The molecule has 0 saturated heterocycles. The minimum atomic E-state index is -0.342. The summed E-state index contributed by atoms with van der Waals surface area (Å²) < 4.78 is 0. The maximum absolute atomic E-state index is 12.2. The van der Waals surface area contributed by atoms with Gasteiger partial charge < -0.3 is 16.4 Å². The highest BCUT2D eigenvalue weighted by Crippen LogP contribution is 2.26. The zero-order valence-corrected chi connectivity index (χ0v) is 18.6. The minimum absolute atomic E-state index is 0.150. The van der Waals surface area contributed by atoms with Crippen molar-refractivity contribution < 1.29 is 9.59 Å². The number of benzene rings is 2. The molecule has 4 aromatic rings. The van der Waals surface area contributed by atoms with E-state index in [1.807, 2.05) is 29.6 Å². The first-order chi connectivity index (χ1) is 16.1. The van der Waals surface area contributed by atoms with Crippen molar-refractivity contribution in [1.82, 2.24) is 15.3 Å². The first kappa shape index (κ1) is 22.2. The number of anilines is 2. The van der Waals surface area contributed by atoms with Crippen molar-refractivity contribution in [2.45, 2.75) is 12.8 Å². The summed E-state index contributed by atoms with van der Waals surface area (Å²) in [5.41, 5.74) is 10.9. The topological polar surface area (TPSA) is 110 Å². The highest BCUT2D eigenvalue weighted by atomic mass is 32.1. The van der Waals surface area contributed by atoms with Crippen molar-refractivity contribution in [2.24, 2.45) is 0 Å². The number of aromatic nitrogens is 2. The van der Waals surface area contributed by atoms with Gasteiger partial charge in [-0.25, -0.2) is 4.98 Å². The third kappa shape index (κ3) is 6.24. The summed E-state index contributed by atoms with van der Waals surface area (Å²) in [4.78, 5) is 32.9. The number of hydrogen-bond acceptors (Lipinski definition) is 6. The predicted octanol–water partition coefficient (Wildman–Crippen LogP) is 3.94. The molecule has 0 aliphatic rings. The Balaban J connectivity index is 1.31. The van der Waals surface area contributed by atoms with E-state index in [0.717, 1.165) is 24.1 Å². The Labute approximate surface area is 195 Å². The number of carbonyl (C=O) groups is 2. The average Bonchev–Trinajstić information content (AvgIpc) is 3.31. The molecule has 2 heterocycles. The van der Waals surface area contributed by atoms with Gasteiger partial charge in [0, 0.05) is 34.6 Å². The zero-order chi connectivity index (χ0) is 23.0. The van der Waals surface area contributed by atoms with Gasteiger partial charge in [0.05, 0.1) is 12.2 Å². The van der Waals surface area contributed by atoms with Crippen LogP contribution in [0.4, 0.5) is 10.8 Å². The van der Waals surface area contributed by atoms with E-state index in [9.17, 15) is 9.59 Å². The molecule has 2 aromatic carbocycles. The maximum Gasteiger partial charge on any atom is 0.251 e. The number of rotatable bonds is 8. The second-order valence-corrected chi connectivity index (χ2v) is 8.30. The summed E-state index contributed by atoms with van der Waals surface area (Å²) >= 11 is 1.34. The van der Waals surface area contributed by atoms with Crippen LogP contribution in [0.3, 0.4) is 0 Å². The molecule has 33 heavy (non-hydrogen) atoms. The summed E-state index contributed by atoms with van der Waals surface area (Å²) in [6.45, 7) is -0.150. The summed E-state index contributed by atoms with van der Waals surface area (Å²) in [6.07, 6.45) is 5.46. The van der Waals surface area contributed by atoms with Gasteiger partial charge in [0.15, 0.2) is 5.13 Å². The van der Waals surface area contributed by atoms with Crippen LogP contribution in [0.15, 0.2) is 78.4 Å². The lowest BCUT2D eigenvalue weighted by Crippen LogP contribution is -2.32. The highest BCUT2D eigenvalue weighted by Gasteiger charge is 2.11. The zero-order valence-electron chi connectivity index (χ0n) is 17.8. The molecule has 0 bridgehead atoms. The Morgan fingerprint density at radius 2 is 1.70 bits per heavy atom. The molecule has 0 saturated carbocycles. The van der Waals surface area contributed by atoms with Crippen molar-refractivity contribution >= 4 is 34.0 Å². The monoisotopic (exact) mass is 457 g/mol. The van der Waals surface area contributed by atoms with Gasteiger partial charge in [-0.15, -0.1) is 11.3 Å². The van der Waals surface area contributed by atoms with E-state index < -0.39 is 0 Å². The van der Waals surface area contributed by atoms with E-state index in [0.29, 0.717) is 16.4 Å². The Morgan fingerprint density at radius 3 is 2.48 bits per heavy atom. The number of nitrogens with two attached hydrogens (primary N) is 1. The molecule has 0 atom stereocenters. The molecule has 166 valence electrons. The van der Waals surface area contributed by atoms with Crippen LogP contribution in [-0.4, -0.2) is 28.3 Å². The van der Waals surface area contributed by atoms with Crippen molar-refractivity contribution in [1.29, 1.82) is 0 Å². The fourth-order valence-corrected chi connectivity index (χ4v) is 3.98.